The molecule has 5 rings (SSSR count). The highest BCUT2D eigenvalue weighted by atomic mass is 32.2. The van der Waals surface area contributed by atoms with Crippen molar-refractivity contribution < 1.29 is 17.9 Å². The number of allylic oxidation sites excluding steroid dienone is 1. The highest BCUT2D eigenvalue weighted by Gasteiger charge is 2.45. The second-order valence-corrected chi connectivity index (χ2v) is 11.0. The van der Waals surface area contributed by atoms with E-state index in [2.05, 4.69) is 17.0 Å². The number of hydrogen-bond acceptors (Lipinski definition) is 5. The Labute approximate surface area is 189 Å². The number of carbonyl (C=O) groups is 1. The first-order valence-corrected chi connectivity index (χ1v) is 12.6. The Morgan fingerprint density at radius 2 is 1.88 bits per heavy atom. The van der Waals surface area contributed by atoms with E-state index in [1.54, 1.807) is 22.5 Å². The number of hydrogen-bond donors (Lipinski definition) is 0. The smallest absolute Gasteiger partial charge is 0.243 e. The number of benzene rings is 2. The summed E-state index contributed by atoms with van der Waals surface area (Å²) in [6, 6.07) is 15.3. The van der Waals surface area contributed by atoms with Gasteiger partial charge in [-0.2, -0.15) is 4.31 Å². The summed E-state index contributed by atoms with van der Waals surface area (Å²) in [5, 5.41) is 0. The Morgan fingerprint density at radius 3 is 2.69 bits per heavy atom. The lowest BCUT2D eigenvalue weighted by Crippen LogP contribution is -2.49. The summed E-state index contributed by atoms with van der Waals surface area (Å²) in [6.07, 6.45) is 4.23. The molecule has 2 heterocycles. The van der Waals surface area contributed by atoms with E-state index in [9.17, 15) is 13.2 Å². The molecule has 7 heteroatoms. The molecule has 0 saturated carbocycles. The van der Waals surface area contributed by atoms with Crippen LogP contribution in [-0.4, -0.2) is 51.8 Å². The monoisotopic (exact) mass is 452 g/mol. The van der Waals surface area contributed by atoms with Crippen LogP contribution in [0.1, 0.15) is 24.8 Å². The summed E-state index contributed by atoms with van der Waals surface area (Å²) in [5.41, 5.74) is 2.83. The maximum absolute atomic E-state index is 13.7. The van der Waals surface area contributed by atoms with Gasteiger partial charge in [0.2, 0.25) is 10.0 Å². The molecule has 2 aliphatic heterocycles. The molecular weight excluding hydrogens is 424 g/mol. The quantitative estimate of drug-likeness (QED) is 0.711. The lowest BCUT2D eigenvalue weighted by atomic mass is 9.66. The van der Waals surface area contributed by atoms with Crippen LogP contribution in [0.25, 0.3) is 0 Å². The predicted octanol–water partition coefficient (Wildman–Crippen LogP) is 3.43. The van der Waals surface area contributed by atoms with Crippen molar-refractivity contribution >= 4 is 21.5 Å². The van der Waals surface area contributed by atoms with Gasteiger partial charge in [0.1, 0.15) is 12.4 Å². The van der Waals surface area contributed by atoms with Crippen LogP contribution in [0.4, 0.5) is 5.69 Å². The molecule has 0 radical (unpaired) electrons. The zero-order chi connectivity index (χ0) is 22.3. The zero-order valence-electron chi connectivity index (χ0n) is 18.3. The second-order valence-electron chi connectivity index (χ2n) is 9.07. The highest BCUT2D eigenvalue weighted by Crippen LogP contribution is 2.46. The molecule has 32 heavy (non-hydrogen) atoms. The van der Waals surface area contributed by atoms with Gasteiger partial charge in [0, 0.05) is 38.0 Å². The van der Waals surface area contributed by atoms with Crippen LogP contribution in [-0.2, 0) is 21.2 Å². The maximum Gasteiger partial charge on any atom is 0.243 e. The van der Waals surface area contributed by atoms with Gasteiger partial charge in [-0.15, -0.1) is 0 Å². The number of sulfonamides is 1. The molecule has 0 aromatic heterocycles. The molecule has 1 saturated heterocycles. The molecule has 0 amide bonds. The molecule has 2 aromatic carbocycles. The fourth-order valence-electron chi connectivity index (χ4n) is 5.22. The van der Waals surface area contributed by atoms with E-state index in [1.807, 2.05) is 31.3 Å². The van der Waals surface area contributed by atoms with Crippen molar-refractivity contribution in [1.82, 2.24) is 4.31 Å². The summed E-state index contributed by atoms with van der Waals surface area (Å²) < 4.78 is 34.7. The van der Waals surface area contributed by atoms with Gasteiger partial charge in [0.05, 0.1) is 17.1 Å². The first-order chi connectivity index (χ1) is 15.4. The molecule has 0 bridgehead atoms. The van der Waals surface area contributed by atoms with Crippen molar-refractivity contribution in [2.45, 2.75) is 30.6 Å². The normalized spacial score (nSPS) is 23.7. The molecule has 168 valence electrons. The van der Waals surface area contributed by atoms with Gasteiger partial charge < -0.3 is 9.64 Å². The molecule has 1 atom stereocenters. The summed E-state index contributed by atoms with van der Waals surface area (Å²) >= 11 is 0. The van der Waals surface area contributed by atoms with Crippen molar-refractivity contribution in [2.75, 3.05) is 38.2 Å². The molecule has 6 nitrogen and oxygen atoms in total. The van der Waals surface area contributed by atoms with Crippen LogP contribution in [0.2, 0.25) is 0 Å². The maximum atomic E-state index is 13.7. The molecule has 1 unspecified atom stereocenters. The summed E-state index contributed by atoms with van der Waals surface area (Å²) in [4.78, 5) is 14.5. The van der Waals surface area contributed by atoms with Gasteiger partial charge in [0.25, 0.3) is 0 Å². The van der Waals surface area contributed by atoms with Crippen LogP contribution in [0.15, 0.2) is 65.1 Å². The topological polar surface area (TPSA) is 66.9 Å². The molecule has 1 aliphatic carbocycles. The molecule has 3 aliphatic rings. The Bertz CT molecular complexity index is 1180. The number of piperidine rings is 1. The average molecular weight is 453 g/mol. The molecule has 2 aromatic rings. The van der Waals surface area contributed by atoms with Crippen molar-refractivity contribution in [3.05, 3.63) is 65.7 Å². The summed E-state index contributed by atoms with van der Waals surface area (Å²) in [6.45, 7) is 2.09. The molecule has 0 spiro atoms. The first kappa shape index (κ1) is 21.2. The third kappa shape index (κ3) is 3.73. The SMILES string of the molecule is CN1CCOc2cc(S(=O)(=O)N3CCC4=CC(=O)CCC4(Cc4ccccc4)C3)ccc21. The summed E-state index contributed by atoms with van der Waals surface area (Å²) in [7, 11) is -1.71. The minimum absolute atomic E-state index is 0.149. The number of fused-ring (bicyclic) bond motifs is 2. The third-order valence-electron chi connectivity index (χ3n) is 7.03. The minimum Gasteiger partial charge on any atom is -0.490 e. The van der Waals surface area contributed by atoms with Crippen LogP contribution in [0, 0.1) is 5.41 Å². The Kier molecular flexibility index (Phi) is 5.34. The van der Waals surface area contributed by atoms with E-state index in [4.69, 9.17) is 4.74 Å². The standard InChI is InChI=1S/C25H28N2O4S/c1-26-13-14-31-24-16-22(7-8-23(24)26)32(29,30)27-12-10-20-15-21(28)9-11-25(20,18-27)17-19-5-3-2-4-6-19/h2-8,15-16H,9-14,17-18H2,1H3. The van der Waals surface area contributed by atoms with Crippen molar-refractivity contribution in [3.8, 4) is 5.75 Å². The number of carbonyl (C=O) groups excluding carboxylic acids is 1. The van der Waals surface area contributed by atoms with Gasteiger partial charge in [-0.1, -0.05) is 35.9 Å². The fourth-order valence-corrected chi connectivity index (χ4v) is 6.76. The Balaban J connectivity index is 1.48. The zero-order valence-corrected chi connectivity index (χ0v) is 19.1. The van der Waals surface area contributed by atoms with Crippen LogP contribution < -0.4 is 9.64 Å². The fraction of sp³-hybridized carbons (Fsp3) is 0.400. The number of nitrogens with zero attached hydrogens (tertiary/aromatic N) is 2. The van der Waals surface area contributed by atoms with Crippen LogP contribution in [0.3, 0.4) is 0 Å². The number of likely N-dealkylation sites (N-methyl/N-ethyl adjacent to an activating group) is 1. The van der Waals surface area contributed by atoms with E-state index in [0.29, 0.717) is 44.7 Å². The summed E-state index contributed by atoms with van der Waals surface area (Å²) in [5.74, 6) is 0.760. The van der Waals surface area contributed by atoms with Gasteiger partial charge in [-0.25, -0.2) is 8.42 Å². The second kappa shape index (κ2) is 8.05. The average Bonchev–Trinajstić information content (AvgIpc) is 2.79. The van der Waals surface area contributed by atoms with Crippen LogP contribution >= 0.6 is 0 Å². The highest BCUT2D eigenvalue weighted by molar-refractivity contribution is 7.89. The third-order valence-corrected chi connectivity index (χ3v) is 8.87. The van der Waals surface area contributed by atoms with Crippen molar-refractivity contribution in [1.29, 1.82) is 0 Å². The van der Waals surface area contributed by atoms with Crippen molar-refractivity contribution in [2.24, 2.45) is 5.41 Å². The van der Waals surface area contributed by atoms with Gasteiger partial charge in [-0.3, -0.25) is 4.79 Å². The van der Waals surface area contributed by atoms with Gasteiger partial charge in [0.15, 0.2) is 5.78 Å². The van der Waals surface area contributed by atoms with Crippen molar-refractivity contribution in [3.63, 3.8) is 0 Å². The lowest BCUT2D eigenvalue weighted by molar-refractivity contribution is -0.116. The Morgan fingerprint density at radius 1 is 1.06 bits per heavy atom. The largest absolute Gasteiger partial charge is 0.490 e. The lowest BCUT2D eigenvalue weighted by Gasteiger charge is -2.46. The van der Waals surface area contributed by atoms with E-state index in [-0.39, 0.29) is 16.1 Å². The van der Waals surface area contributed by atoms with E-state index in [0.717, 1.165) is 29.8 Å². The molecule has 0 N–H and O–H groups in total. The van der Waals surface area contributed by atoms with E-state index < -0.39 is 10.0 Å². The number of anilines is 1. The number of rotatable bonds is 4. The number of ketones is 1. The van der Waals surface area contributed by atoms with Crippen LogP contribution in [0.5, 0.6) is 5.75 Å². The number of ether oxygens (including phenoxy) is 1. The molecule has 1 fully saturated rings. The minimum atomic E-state index is -3.68. The first-order valence-electron chi connectivity index (χ1n) is 11.1. The van der Waals surface area contributed by atoms with E-state index >= 15 is 0 Å². The van der Waals surface area contributed by atoms with Gasteiger partial charge in [-0.05, 0) is 43.0 Å². The predicted molar refractivity (Wildman–Crippen MR) is 123 cm³/mol. The van der Waals surface area contributed by atoms with Gasteiger partial charge >= 0.3 is 0 Å². The van der Waals surface area contributed by atoms with E-state index in [1.165, 1.54) is 0 Å². The molecular formula is C25H28N2O4S. The Hall–Kier alpha value is -2.64.